The van der Waals surface area contributed by atoms with Crippen LogP contribution in [0.4, 0.5) is 8.78 Å². The Morgan fingerprint density at radius 2 is 2.14 bits per heavy atom. The Hall–Kier alpha value is -1.08. The number of halogens is 2. The number of nitrogens with one attached hydrogen (secondary N) is 1. The maximum absolute atomic E-state index is 13.9. The molecule has 3 heterocycles. The molecule has 0 spiro atoms. The molecule has 3 N–H and O–H groups in total. The van der Waals surface area contributed by atoms with Crippen molar-refractivity contribution in [1.82, 2.24) is 10.2 Å². The van der Waals surface area contributed by atoms with Gasteiger partial charge in [0.05, 0.1) is 6.61 Å². The van der Waals surface area contributed by atoms with Crippen LogP contribution in [0.1, 0.15) is 18.1 Å². The van der Waals surface area contributed by atoms with E-state index in [1.165, 1.54) is 6.07 Å². The van der Waals surface area contributed by atoms with E-state index in [2.05, 4.69) is 10.2 Å². The number of hydrogen-bond donors (Lipinski definition) is 2. The van der Waals surface area contributed by atoms with Crippen LogP contribution in [0.15, 0.2) is 18.2 Å². The molecule has 3 saturated heterocycles. The number of nitrogens with zero attached hydrogens (tertiary/aromatic N) is 1. The highest BCUT2D eigenvalue weighted by Gasteiger charge is 2.43. The van der Waals surface area contributed by atoms with Gasteiger partial charge in [-0.3, -0.25) is 4.90 Å². The van der Waals surface area contributed by atoms with E-state index in [4.69, 9.17) is 10.5 Å². The van der Waals surface area contributed by atoms with Crippen LogP contribution >= 0.6 is 0 Å². The first-order chi connectivity index (χ1) is 10.6. The second-order valence-electron chi connectivity index (χ2n) is 6.70. The SMILES string of the molecule is NC1CC(N2CC3CNC3C2)CO[C@@H]1c1cc(F)ccc1F. The molecule has 120 valence electrons. The average Bonchev–Trinajstić information content (AvgIpc) is 2.77. The van der Waals surface area contributed by atoms with E-state index in [0.29, 0.717) is 12.6 Å². The minimum absolute atomic E-state index is 0.231. The lowest BCUT2D eigenvalue weighted by Gasteiger charge is -2.38. The van der Waals surface area contributed by atoms with Crippen LogP contribution in [0, 0.1) is 17.6 Å². The Bertz CT molecular complexity index is 558. The van der Waals surface area contributed by atoms with Gasteiger partial charge in [0.1, 0.15) is 17.7 Å². The van der Waals surface area contributed by atoms with Crippen LogP contribution in [0.3, 0.4) is 0 Å². The van der Waals surface area contributed by atoms with Crippen LogP contribution in [-0.4, -0.2) is 49.3 Å². The number of ether oxygens (including phenoxy) is 1. The quantitative estimate of drug-likeness (QED) is 0.857. The maximum atomic E-state index is 13.9. The molecule has 0 saturated carbocycles. The molecule has 3 aliphatic heterocycles. The lowest BCUT2D eigenvalue weighted by molar-refractivity contribution is -0.0474. The zero-order chi connectivity index (χ0) is 15.3. The number of nitrogens with two attached hydrogens (primary N) is 1. The lowest BCUT2D eigenvalue weighted by Crippen LogP contribution is -2.52. The number of benzene rings is 1. The third-order valence-electron chi connectivity index (χ3n) is 5.29. The van der Waals surface area contributed by atoms with Gasteiger partial charge in [-0.1, -0.05) is 0 Å². The Morgan fingerprint density at radius 3 is 2.77 bits per heavy atom. The molecule has 6 heteroatoms. The fourth-order valence-electron chi connectivity index (χ4n) is 3.93. The van der Waals surface area contributed by atoms with Crippen LogP contribution < -0.4 is 11.1 Å². The summed E-state index contributed by atoms with van der Waals surface area (Å²) in [6, 6.07) is 4.01. The normalized spacial score (nSPS) is 38.6. The summed E-state index contributed by atoms with van der Waals surface area (Å²) in [5.74, 6) is -0.171. The van der Waals surface area contributed by atoms with Gasteiger partial charge in [-0.05, 0) is 24.6 Å². The van der Waals surface area contributed by atoms with Gasteiger partial charge in [-0.15, -0.1) is 0 Å². The van der Waals surface area contributed by atoms with E-state index < -0.39 is 17.7 Å². The number of fused-ring (bicyclic) bond motifs is 1. The van der Waals surface area contributed by atoms with Gasteiger partial charge in [0.25, 0.3) is 0 Å². The van der Waals surface area contributed by atoms with E-state index >= 15 is 0 Å². The highest BCUT2D eigenvalue weighted by molar-refractivity contribution is 5.23. The molecule has 0 amide bonds. The summed E-state index contributed by atoms with van der Waals surface area (Å²) in [6.07, 6.45) is 0.185. The summed E-state index contributed by atoms with van der Waals surface area (Å²) in [5, 5.41) is 3.43. The van der Waals surface area contributed by atoms with Crippen LogP contribution in [0.2, 0.25) is 0 Å². The van der Waals surface area contributed by atoms with Crippen molar-refractivity contribution < 1.29 is 13.5 Å². The van der Waals surface area contributed by atoms with E-state index in [9.17, 15) is 8.78 Å². The summed E-state index contributed by atoms with van der Waals surface area (Å²) in [5.41, 5.74) is 6.45. The smallest absolute Gasteiger partial charge is 0.129 e. The van der Waals surface area contributed by atoms with E-state index in [-0.39, 0.29) is 17.6 Å². The highest BCUT2D eigenvalue weighted by atomic mass is 19.1. The minimum atomic E-state index is -0.565. The van der Waals surface area contributed by atoms with Crippen molar-refractivity contribution in [2.45, 2.75) is 30.7 Å². The predicted octanol–water partition coefficient (Wildman–Crippen LogP) is 1.03. The number of rotatable bonds is 2. The fourth-order valence-corrected chi connectivity index (χ4v) is 3.93. The molecule has 5 atom stereocenters. The summed E-state index contributed by atoms with van der Waals surface area (Å²) >= 11 is 0. The molecule has 4 nitrogen and oxygen atoms in total. The van der Waals surface area contributed by atoms with Crippen molar-refractivity contribution >= 4 is 0 Å². The average molecular weight is 309 g/mol. The van der Waals surface area contributed by atoms with E-state index in [1.54, 1.807) is 0 Å². The van der Waals surface area contributed by atoms with Crippen LogP contribution in [0.5, 0.6) is 0 Å². The van der Waals surface area contributed by atoms with Crippen molar-refractivity contribution in [2.24, 2.45) is 11.7 Å². The minimum Gasteiger partial charge on any atom is -0.370 e. The van der Waals surface area contributed by atoms with Crippen molar-refractivity contribution in [1.29, 1.82) is 0 Å². The maximum Gasteiger partial charge on any atom is 0.129 e. The molecular formula is C16H21F2N3O. The second kappa shape index (κ2) is 5.53. The summed E-state index contributed by atoms with van der Waals surface area (Å²) in [6.45, 7) is 3.73. The predicted molar refractivity (Wildman–Crippen MR) is 78.3 cm³/mol. The largest absolute Gasteiger partial charge is 0.370 e. The first kappa shape index (κ1) is 14.5. The summed E-state index contributed by atoms with van der Waals surface area (Å²) < 4.78 is 33.1. The van der Waals surface area contributed by atoms with Crippen LogP contribution in [0.25, 0.3) is 0 Å². The molecule has 0 aromatic heterocycles. The molecular weight excluding hydrogens is 288 g/mol. The molecule has 1 aromatic rings. The molecule has 0 aliphatic carbocycles. The van der Waals surface area contributed by atoms with Gasteiger partial charge in [-0.2, -0.15) is 0 Å². The zero-order valence-electron chi connectivity index (χ0n) is 12.3. The zero-order valence-corrected chi connectivity index (χ0v) is 12.3. The molecule has 3 fully saturated rings. The second-order valence-corrected chi connectivity index (χ2v) is 6.70. The molecule has 22 heavy (non-hydrogen) atoms. The number of likely N-dealkylation sites (tertiary alicyclic amines) is 1. The standard InChI is InChI=1S/C16H21F2N3O/c17-10-1-2-13(18)12(3-10)16-14(19)4-11(8-22-16)21-6-9-5-20-15(9)7-21/h1-3,9,11,14-16,20H,4-8,19H2/t9?,11?,14?,15?,16-/m1/s1. The third kappa shape index (κ3) is 2.44. The molecule has 0 radical (unpaired) electrons. The first-order valence-corrected chi connectivity index (χ1v) is 7.91. The Kier molecular flexibility index (Phi) is 3.64. The van der Waals surface area contributed by atoms with Crippen molar-refractivity contribution in [3.8, 4) is 0 Å². The van der Waals surface area contributed by atoms with E-state index in [0.717, 1.165) is 44.1 Å². The molecule has 4 unspecified atom stereocenters. The Morgan fingerprint density at radius 1 is 1.27 bits per heavy atom. The van der Waals surface area contributed by atoms with Gasteiger partial charge in [0, 0.05) is 49.2 Å². The summed E-state index contributed by atoms with van der Waals surface area (Å²) in [7, 11) is 0. The molecule has 4 rings (SSSR count). The van der Waals surface area contributed by atoms with Gasteiger partial charge in [0.15, 0.2) is 0 Å². The van der Waals surface area contributed by atoms with Gasteiger partial charge >= 0.3 is 0 Å². The van der Waals surface area contributed by atoms with Crippen molar-refractivity contribution in [2.75, 3.05) is 26.2 Å². The molecule has 3 aliphatic rings. The highest BCUT2D eigenvalue weighted by Crippen LogP contribution is 2.34. The van der Waals surface area contributed by atoms with Gasteiger partial charge in [-0.25, -0.2) is 8.78 Å². The Balaban J connectivity index is 1.45. The first-order valence-electron chi connectivity index (χ1n) is 7.91. The monoisotopic (exact) mass is 309 g/mol. The summed E-state index contributed by atoms with van der Waals surface area (Å²) in [4.78, 5) is 2.42. The fraction of sp³-hybridized carbons (Fsp3) is 0.625. The molecule has 0 bridgehead atoms. The van der Waals surface area contributed by atoms with Gasteiger partial charge < -0.3 is 15.8 Å². The molecule has 1 aromatic carbocycles. The van der Waals surface area contributed by atoms with Crippen molar-refractivity contribution in [3.63, 3.8) is 0 Å². The number of hydrogen-bond acceptors (Lipinski definition) is 4. The Labute approximate surface area is 128 Å². The lowest BCUT2D eigenvalue weighted by atomic mass is 9.93. The van der Waals surface area contributed by atoms with Gasteiger partial charge in [0.2, 0.25) is 0 Å². The van der Waals surface area contributed by atoms with E-state index in [1.807, 2.05) is 0 Å². The van der Waals surface area contributed by atoms with Crippen molar-refractivity contribution in [3.05, 3.63) is 35.4 Å². The third-order valence-corrected chi connectivity index (χ3v) is 5.29. The van der Waals surface area contributed by atoms with Crippen LogP contribution in [-0.2, 0) is 4.74 Å². The topological polar surface area (TPSA) is 50.5 Å².